The third kappa shape index (κ3) is 2.63. The Morgan fingerprint density at radius 1 is 0.955 bits per heavy atom. The van der Waals surface area contributed by atoms with Gasteiger partial charge in [-0.3, -0.25) is 0 Å². The minimum absolute atomic E-state index is 0.303. The van der Waals surface area contributed by atoms with Gasteiger partial charge >= 0.3 is 0 Å². The third-order valence-electron chi connectivity index (χ3n) is 4.44. The van der Waals surface area contributed by atoms with Gasteiger partial charge in [0.05, 0.1) is 5.69 Å². The zero-order valence-corrected chi connectivity index (χ0v) is 13.3. The van der Waals surface area contributed by atoms with Crippen LogP contribution in [0.2, 0.25) is 0 Å². The monoisotopic (exact) mass is 300 g/mol. The number of aryl methyl sites for hydroxylation is 2. The van der Waals surface area contributed by atoms with Crippen LogP contribution < -0.4 is 9.80 Å². The molecule has 2 aromatic rings. The lowest BCUT2D eigenvalue weighted by Crippen LogP contribution is -2.47. The average Bonchev–Trinajstić information content (AvgIpc) is 2.53. The Labute approximate surface area is 130 Å². The fraction of sp³-hybridized carbons (Fsp3) is 0.412. The van der Waals surface area contributed by atoms with Crippen LogP contribution in [0.3, 0.4) is 0 Å². The second kappa shape index (κ2) is 5.91. The van der Waals surface area contributed by atoms with Crippen LogP contribution in [0.5, 0.6) is 0 Å². The Balaban J connectivity index is 1.75. The van der Waals surface area contributed by atoms with E-state index in [0.717, 1.165) is 26.2 Å². The van der Waals surface area contributed by atoms with E-state index >= 15 is 0 Å². The summed E-state index contributed by atoms with van der Waals surface area (Å²) in [5.74, 6) is 0.121. The highest BCUT2D eigenvalue weighted by molar-refractivity contribution is 5.57. The van der Waals surface area contributed by atoms with Crippen molar-refractivity contribution in [3.63, 3.8) is 0 Å². The molecular formula is C17H21FN4. The molecule has 4 nitrogen and oxygen atoms in total. The molecule has 1 saturated heterocycles. The molecule has 22 heavy (non-hydrogen) atoms. The third-order valence-corrected chi connectivity index (χ3v) is 4.44. The molecule has 0 amide bonds. The van der Waals surface area contributed by atoms with Crippen LogP contribution in [0.15, 0.2) is 24.5 Å². The van der Waals surface area contributed by atoms with Gasteiger partial charge in [0.15, 0.2) is 11.6 Å². The Hall–Kier alpha value is -2.17. The predicted octanol–water partition coefficient (Wildman–Crippen LogP) is 2.87. The highest BCUT2D eigenvalue weighted by atomic mass is 19.1. The summed E-state index contributed by atoms with van der Waals surface area (Å²) in [6.07, 6.45) is 1.44. The first kappa shape index (κ1) is 14.8. The second-order valence-electron chi connectivity index (χ2n) is 5.79. The van der Waals surface area contributed by atoms with Crippen LogP contribution in [0.4, 0.5) is 15.9 Å². The smallest absolute Gasteiger partial charge is 0.186 e. The first-order valence-electron chi connectivity index (χ1n) is 7.61. The minimum atomic E-state index is -0.303. The molecule has 0 bridgehead atoms. The highest BCUT2D eigenvalue weighted by Crippen LogP contribution is 2.25. The molecule has 1 aliphatic rings. The summed E-state index contributed by atoms with van der Waals surface area (Å²) in [7, 11) is 0. The van der Waals surface area contributed by atoms with Gasteiger partial charge in [-0.1, -0.05) is 12.1 Å². The number of piperazine rings is 1. The molecule has 0 unspecified atom stereocenters. The Morgan fingerprint density at radius 2 is 1.64 bits per heavy atom. The molecule has 0 aliphatic carbocycles. The lowest BCUT2D eigenvalue weighted by Gasteiger charge is -2.37. The van der Waals surface area contributed by atoms with Crippen LogP contribution in [0.25, 0.3) is 0 Å². The number of anilines is 2. The quantitative estimate of drug-likeness (QED) is 0.853. The molecule has 2 heterocycles. The van der Waals surface area contributed by atoms with E-state index in [9.17, 15) is 4.39 Å². The van der Waals surface area contributed by atoms with Crippen LogP contribution in [0, 0.1) is 26.6 Å². The summed E-state index contributed by atoms with van der Waals surface area (Å²) in [6, 6.07) is 6.39. The first-order valence-corrected chi connectivity index (χ1v) is 7.61. The van der Waals surface area contributed by atoms with Gasteiger partial charge < -0.3 is 9.80 Å². The number of aromatic nitrogens is 2. The van der Waals surface area contributed by atoms with Crippen molar-refractivity contribution >= 4 is 11.5 Å². The van der Waals surface area contributed by atoms with Gasteiger partial charge in [-0.25, -0.2) is 14.4 Å². The Morgan fingerprint density at radius 3 is 2.36 bits per heavy atom. The normalized spacial score (nSPS) is 15.3. The van der Waals surface area contributed by atoms with Crippen molar-refractivity contribution in [1.29, 1.82) is 0 Å². The van der Waals surface area contributed by atoms with Crippen molar-refractivity contribution in [2.45, 2.75) is 20.8 Å². The van der Waals surface area contributed by atoms with E-state index in [4.69, 9.17) is 0 Å². The lowest BCUT2D eigenvalue weighted by atomic mass is 10.1. The number of hydrogen-bond donors (Lipinski definition) is 0. The van der Waals surface area contributed by atoms with Gasteiger partial charge in [0.1, 0.15) is 6.33 Å². The summed E-state index contributed by atoms with van der Waals surface area (Å²) >= 11 is 0. The van der Waals surface area contributed by atoms with Crippen LogP contribution in [0.1, 0.15) is 16.8 Å². The van der Waals surface area contributed by atoms with E-state index in [0.29, 0.717) is 11.5 Å². The summed E-state index contributed by atoms with van der Waals surface area (Å²) in [4.78, 5) is 12.4. The molecule has 1 fully saturated rings. The standard InChI is InChI=1S/C17H21FN4/c1-12-5-4-6-15(13(12)2)21-7-9-22(10-8-21)17-16(18)14(3)19-11-20-17/h4-6,11H,7-10H2,1-3H3. The summed E-state index contributed by atoms with van der Waals surface area (Å²) in [5.41, 5.74) is 4.30. The summed E-state index contributed by atoms with van der Waals surface area (Å²) in [6.45, 7) is 9.23. The van der Waals surface area contributed by atoms with E-state index in [1.165, 1.54) is 23.1 Å². The van der Waals surface area contributed by atoms with E-state index < -0.39 is 0 Å². The average molecular weight is 300 g/mol. The maximum absolute atomic E-state index is 14.1. The molecular weight excluding hydrogens is 279 g/mol. The molecule has 5 heteroatoms. The van der Waals surface area contributed by atoms with Gasteiger partial charge in [0.2, 0.25) is 0 Å². The number of nitrogens with zero attached hydrogens (tertiary/aromatic N) is 4. The molecule has 0 atom stereocenters. The number of benzene rings is 1. The largest absolute Gasteiger partial charge is 0.368 e. The summed E-state index contributed by atoms with van der Waals surface area (Å²) in [5, 5.41) is 0. The zero-order chi connectivity index (χ0) is 15.7. The molecule has 1 aromatic carbocycles. The number of rotatable bonds is 2. The fourth-order valence-electron chi connectivity index (χ4n) is 2.90. The Bertz CT molecular complexity index is 619. The lowest BCUT2D eigenvalue weighted by molar-refractivity contribution is 0.574. The fourth-order valence-corrected chi connectivity index (χ4v) is 2.90. The van der Waals surface area contributed by atoms with Crippen molar-refractivity contribution in [2.75, 3.05) is 36.0 Å². The van der Waals surface area contributed by atoms with Crippen molar-refractivity contribution < 1.29 is 4.39 Å². The molecule has 0 radical (unpaired) electrons. The van der Waals surface area contributed by atoms with Crippen molar-refractivity contribution in [3.05, 3.63) is 47.2 Å². The minimum Gasteiger partial charge on any atom is -0.368 e. The van der Waals surface area contributed by atoms with Crippen molar-refractivity contribution in [2.24, 2.45) is 0 Å². The van der Waals surface area contributed by atoms with Crippen molar-refractivity contribution in [3.8, 4) is 0 Å². The molecule has 1 aromatic heterocycles. The second-order valence-corrected chi connectivity index (χ2v) is 5.79. The first-order chi connectivity index (χ1) is 10.6. The van der Waals surface area contributed by atoms with Gasteiger partial charge in [-0.15, -0.1) is 0 Å². The predicted molar refractivity (Wildman–Crippen MR) is 87.1 cm³/mol. The van der Waals surface area contributed by atoms with Crippen LogP contribution in [-0.4, -0.2) is 36.1 Å². The molecule has 116 valence electrons. The van der Waals surface area contributed by atoms with Crippen LogP contribution in [-0.2, 0) is 0 Å². The van der Waals surface area contributed by atoms with Gasteiger partial charge in [0.25, 0.3) is 0 Å². The van der Waals surface area contributed by atoms with Crippen LogP contribution >= 0.6 is 0 Å². The van der Waals surface area contributed by atoms with E-state index in [2.05, 4.69) is 46.9 Å². The van der Waals surface area contributed by atoms with Crippen molar-refractivity contribution in [1.82, 2.24) is 9.97 Å². The van der Waals surface area contributed by atoms with E-state index in [1.807, 2.05) is 4.90 Å². The molecule has 0 N–H and O–H groups in total. The van der Waals surface area contributed by atoms with E-state index in [1.54, 1.807) is 6.92 Å². The number of halogens is 1. The molecule has 3 rings (SSSR count). The van der Waals surface area contributed by atoms with Gasteiger partial charge in [0, 0.05) is 31.9 Å². The molecule has 1 aliphatic heterocycles. The van der Waals surface area contributed by atoms with Gasteiger partial charge in [-0.05, 0) is 38.0 Å². The summed E-state index contributed by atoms with van der Waals surface area (Å²) < 4.78 is 14.1. The molecule has 0 spiro atoms. The molecule has 0 saturated carbocycles. The topological polar surface area (TPSA) is 32.3 Å². The Kier molecular flexibility index (Phi) is 3.96. The zero-order valence-electron chi connectivity index (χ0n) is 13.3. The van der Waals surface area contributed by atoms with E-state index in [-0.39, 0.29) is 5.82 Å². The SMILES string of the molecule is Cc1cccc(N2CCN(c3ncnc(C)c3F)CC2)c1C. The maximum Gasteiger partial charge on any atom is 0.186 e. The number of hydrogen-bond acceptors (Lipinski definition) is 4. The van der Waals surface area contributed by atoms with Gasteiger partial charge in [-0.2, -0.15) is 0 Å². The highest BCUT2D eigenvalue weighted by Gasteiger charge is 2.22. The maximum atomic E-state index is 14.1.